The van der Waals surface area contributed by atoms with E-state index in [1.54, 1.807) is 12.1 Å². The predicted octanol–water partition coefficient (Wildman–Crippen LogP) is 2.56. The Balaban J connectivity index is 2.01. The summed E-state index contributed by atoms with van der Waals surface area (Å²) in [6.07, 6.45) is 0. The molecular weight excluding hydrogens is 264 g/mol. The number of nitrogens with two attached hydrogens (primary N) is 1. The second kappa shape index (κ2) is 5.63. The van der Waals surface area contributed by atoms with Crippen molar-refractivity contribution in [3.8, 4) is 5.75 Å². The van der Waals surface area contributed by atoms with Crippen molar-refractivity contribution in [2.24, 2.45) is 0 Å². The normalized spacial score (nSPS) is 10.2. The van der Waals surface area contributed by atoms with Crippen molar-refractivity contribution in [2.75, 3.05) is 5.73 Å². The number of halogens is 1. The zero-order chi connectivity index (χ0) is 13.8. The van der Waals surface area contributed by atoms with Gasteiger partial charge in [-0.2, -0.15) is 0 Å². The van der Waals surface area contributed by atoms with Gasteiger partial charge in [0.05, 0.1) is 5.02 Å². The lowest BCUT2D eigenvalue weighted by Crippen LogP contribution is -2.22. The van der Waals surface area contributed by atoms with Crippen LogP contribution in [0, 0.1) is 0 Å². The van der Waals surface area contributed by atoms with Gasteiger partial charge in [-0.1, -0.05) is 23.7 Å². The van der Waals surface area contributed by atoms with E-state index < -0.39 is 0 Å². The number of nitrogen functional groups attached to an aromatic ring is 1. The van der Waals surface area contributed by atoms with Crippen LogP contribution in [0.5, 0.6) is 5.75 Å². The van der Waals surface area contributed by atoms with Crippen molar-refractivity contribution in [3.05, 3.63) is 58.6 Å². The second-order valence-electron chi connectivity index (χ2n) is 4.09. The van der Waals surface area contributed by atoms with Crippen molar-refractivity contribution in [1.29, 1.82) is 0 Å². The monoisotopic (exact) mass is 276 g/mol. The molecule has 98 valence electrons. The molecule has 0 unspecified atom stereocenters. The van der Waals surface area contributed by atoms with Crippen molar-refractivity contribution < 1.29 is 9.90 Å². The standard InChI is InChI=1S/C14H13ClN2O2/c15-12-7-10(3-6-13(12)18)14(19)17-8-9-1-4-11(16)5-2-9/h1-7,18H,8,16H2,(H,17,19). The van der Waals surface area contributed by atoms with Gasteiger partial charge in [-0.05, 0) is 35.9 Å². The Hall–Kier alpha value is -2.20. The quantitative estimate of drug-likeness (QED) is 0.754. The van der Waals surface area contributed by atoms with Gasteiger partial charge in [-0.3, -0.25) is 4.79 Å². The average Bonchev–Trinajstić information content (AvgIpc) is 2.41. The van der Waals surface area contributed by atoms with Gasteiger partial charge in [0, 0.05) is 17.8 Å². The Bertz CT molecular complexity index is 597. The number of aromatic hydroxyl groups is 1. The zero-order valence-corrected chi connectivity index (χ0v) is 10.8. The van der Waals surface area contributed by atoms with E-state index in [0.29, 0.717) is 17.8 Å². The molecule has 0 heterocycles. The number of carbonyl (C=O) groups is 1. The number of carbonyl (C=O) groups excluding carboxylic acids is 1. The molecule has 2 aromatic rings. The van der Waals surface area contributed by atoms with Crippen LogP contribution in [0.4, 0.5) is 5.69 Å². The molecule has 0 saturated carbocycles. The van der Waals surface area contributed by atoms with Crippen LogP contribution in [-0.2, 0) is 6.54 Å². The average molecular weight is 277 g/mol. The SMILES string of the molecule is Nc1ccc(CNC(=O)c2ccc(O)c(Cl)c2)cc1. The van der Waals surface area contributed by atoms with E-state index in [4.69, 9.17) is 17.3 Å². The summed E-state index contributed by atoms with van der Waals surface area (Å²) in [7, 11) is 0. The van der Waals surface area contributed by atoms with Crippen LogP contribution in [0.1, 0.15) is 15.9 Å². The van der Waals surface area contributed by atoms with Gasteiger partial charge < -0.3 is 16.2 Å². The van der Waals surface area contributed by atoms with E-state index in [2.05, 4.69) is 5.32 Å². The first-order valence-electron chi connectivity index (χ1n) is 5.67. The number of phenols is 1. The Kier molecular flexibility index (Phi) is 3.92. The Morgan fingerprint density at radius 2 is 1.89 bits per heavy atom. The molecule has 0 aliphatic heterocycles. The minimum Gasteiger partial charge on any atom is -0.506 e. The zero-order valence-electron chi connectivity index (χ0n) is 10.1. The molecule has 0 saturated heterocycles. The van der Waals surface area contributed by atoms with E-state index in [0.717, 1.165) is 5.56 Å². The van der Waals surface area contributed by atoms with Crippen LogP contribution in [0.25, 0.3) is 0 Å². The van der Waals surface area contributed by atoms with Crippen molar-refractivity contribution in [1.82, 2.24) is 5.32 Å². The summed E-state index contributed by atoms with van der Waals surface area (Å²) >= 11 is 5.75. The highest BCUT2D eigenvalue weighted by Crippen LogP contribution is 2.23. The number of hydrogen-bond acceptors (Lipinski definition) is 3. The lowest BCUT2D eigenvalue weighted by molar-refractivity contribution is 0.0951. The number of anilines is 1. The van der Waals surface area contributed by atoms with E-state index in [1.807, 2.05) is 12.1 Å². The summed E-state index contributed by atoms with van der Waals surface area (Å²) in [6, 6.07) is 11.6. The van der Waals surface area contributed by atoms with E-state index in [-0.39, 0.29) is 16.7 Å². The molecule has 0 bridgehead atoms. The summed E-state index contributed by atoms with van der Waals surface area (Å²) in [5.41, 5.74) is 7.61. The summed E-state index contributed by atoms with van der Waals surface area (Å²) in [5.74, 6) is -0.296. The fourth-order valence-electron chi connectivity index (χ4n) is 1.57. The fraction of sp³-hybridized carbons (Fsp3) is 0.0714. The van der Waals surface area contributed by atoms with Crippen LogP contribution < -0.4 is 11.1 Å². The maximum Gasteiger partial charge on any atom is 0.251 e. The molecule has 2 rings (SSSR count). The molecule has 1 amide bonds. The van der Waals surface area contributed by atoms with Crippen molar-refractivity contribution >= 4 is 23.2 Å². The number of nitrogens with one attached hydrogen (secondary N) is 1. The van der Waals surface area contributed by atoms with Crippen LogP contribution >= 0.6 is 11.6 Å². The van der Waals surface area contributed by atoms with Crippen LogP contribution in [0.3, 0.4) is 0 Å². The number of amides is 1. The number of phenolic OH excluding ortho intramolecular Hbond substituents is 1. The first kappa shape index (κ1) is 13.2. The van der Waals surface area contributed by atoms with Gasteiger partial charge in [0.25, 0.3) is 5.91 Å². The molecule has 0 spiro atoms. The van der Waals surface area contributed by atoms with Gasteiger partial charge in [-0.25, -0.2) is 0 Å². The Morgan fingerprint density at radius 3 is 2.53 bits per heavy atom. The maximum atomic E-state index is 11.9. The van der Waals surface area contributed by atoms with E-state index in [1.165, 1.54) is 18.2 Å². The minimum atomic E-state index is -0.251. The highest BCUT2D eigenvalue weighted by Gasteiger charge is 2.07. The number of benzene rings is 2. The highest BCUT2D eigenvalue weighted by atomic mass is 35.5. The number of hydrogen-bond donors (Lipinski definition) is 3. The molecule has 0 radical (unpaired) electrons. The lowest BCUT2D eigenvalue weighted by atomic mass is 10.2. The van der Waals surface area contributed by atoms with Crippen molar-refractivity contribution in [3.63, 3.8) is 0 Å². The van der Waals surface area contributed by atoms with Gasteiger partial charge in [0.1, 0.15) is 5.75 Å². The third-order valence-electron chi connectivity index (χ3n) is 2.64. The molecule has 0 aliphatic rings. The summed E-state index contributed by atoms with van der Waals surface area (Å²) < 4.78 is 0. The Labute approximate surface area is 115 Å². The largest absolute Gasteiger partial charge is 0.506 e. The van der Waals surface area contributed by atoms with Crippen LogP contribution in [0.2, 0.25) is 5.02 Å². The molecule has 5 heteroatoms. The molecule has 0 aliphatic carbocycles. The first-order valence-corrected chi connectivity index (χ1v) is 6.05. The molecule has 4 N–H and O–H groups in total. The molecule has 2 aromatic carbocycles. The topological polar surface area (TPSA) is 75.3 Å². The molecule has 0 atom stereocenters. The summed E-state index contributed by atoms with van der Waals surface area (Å²) in [6.45, 7) is 0.400. The van der Waals surface area contributed by atoms with Gasteiger partial charge in [-0.15, -0.1) is 0 Å². The second-order valence-corrected chi connectivity index (χ2v) is 4.50. The Morgan fingerprint density at radius 1 is 1.21 bits per heavy atom. The van der Waals surface area contributed by atoms with Gasteiger partial charge >= 0.3 is 0 Å². The third kappa shape index (κ3) is 3.39. The lowest BCUT2D eigenvalue weighted by Gasteiger charge is -2.06. The highest BCUT2D eigenvalue weighted by molar-refractivity contribution is 6.32. The van der Waals surface area contributed by atoms with Crippen LogP contribution in [0.15, 0.2) is 42.5 Å². The van der Waals surface area contributed by atoms with Gasteiger partial charge in [0.2, 0.25) is 0 Å². The molecular formula is C14H13ClN2O2. The van der Waals surface area contributed by atoms with Crippen LogP contribution in [-0.4, -0.2) is 11.0 Å². The smallest absolute Gasteiger partial charge is 0.251 e. The van der Waals surface area contributed by atoms with Crippen molar-refractivity contribution in [2.45, 2.75) is 6.54 Å². The minimum absolute atomic E-state index is 0.0447. The van der Waals surface area contributed by atoms with Gasteiger partial charge in [0.15, 0.2) is 0 Å². The molecule has 19 heavy (non-hydrogen) atoms. The third-order valence-corrected chi connectivity index (χ3v) is 2.95. The number of rotatable bonds is 3. The molecule has 0 fully saturated rings. The maximum absolute atomic E-state index is 11.9. The van der Waals surface area contributed by atoms with E-state index >= 15 is 0 Å². The summed E-state index contributed by atoms with van der Waals surface area (Å²) in [4.78, 5) is 11.9. The van der Waals surface area contributed by atoms with E-state index in [9.17, 15) is 9.90 Å². The molecule has 4 nitrogen and oxygen atoms in total. The molecule has 0 aromatic heterocycles. The summed E-state index contributed by atoms with van der Waals surface area (Å²) in [5, 5.41) is 12.2. The fourth-order valence-corrected chi connectivity index (χ4v) is 1.75. The first-order chi connectivity index (χ1) is 9.06. The predicted molar refractivity (Wildman–Crippen MR) is 75.1 cm³/mol.